The average molecular weight is 323 g/mol. The molecule has 2 aliphatic rings. The first-order chi connectivity index (χ1) is 11.0. The molecule has 0 bridgehead atoms. The molecule has 0 unspecified atom stereocenters. The molecule has 1 N–H and O–H groups in total. The highest BCUT2D eigenvalue weighted by Crippen LogP contribution is 2.41. The molecule has 2 atom stereocenters. The highest BCUT2D eigenvalue weighted by molar-refractivity contribution is 5.77. The Kier molecular flexibility index (Phi) is 4.70. The monoisotopic (exact) mass is 323 g/mol. The van der Waals surface area contributed by atoms with Gasteiger partial charge < -0.3 is 19.3 Å². The number of rotatable bonds is 6. The van der Waals surface area contributed by atoms with E-state index < -0.39 is 0 Å². The van der Waals surface area contributed by atoms with Crippen LogP contribution in [0.1, 0.15) is 17.0 Å². The molecule has 2 saturated heterocycles. The summed E-state index contributed by atoms with van der Waals surface area (Å²) in [7, 11) is 1.53. The fraction of sp³-hybridized carbons (Fsp3) is 0.750. The molecule has 3 heterocycles. The fourth-order valence-corrected chi connectivity index (χ4v) is 3.72. The number of amides is 1. The number of ether oxygens (including phenoxy) is 2. The summed E-state index contributed by atoms with van der Waals surface area (Å²) >= 11 is 0. The van der Waals surface area contributed by atoms with Crippen molar-refractivity contribution in [3.8, 4) is 0 Å². The third-order valence-corrected chi connectivity index (χ3v) is 5.07. The number of hydrogen-bond donors (Lipinski definition) is 1. The predicted octanol–water partition coefficient (Wildman–Crippen LogP) is 0.502. The average Bonchev–Trinajstić information content (AvgIpc) is 3.14. The first kappa shape index (κ1) is 16.4. The minimum atomic E-state index is -0.0725. The Labute approximate surface area is 136 Å². The molecule has 0 aliphatic carbocycles. The number of aryl methyl sites for hydroxylation is 2. The molecule has 1 aromatic rings. The molecule has 1 amide bonds. The molecule has 2 aliphatic heterocycles. The number of nitrogens with one attached hydrogen (secondary N) is 1. The molecule has 0 spiro atoms. The van der Waals surface area contributed by atoms with Gasteiger partial charge in [-0.05, 0) is 13.8 Å². The minimum Gasteiger partial charge on any atom is -0.380 e. The van der Waals surface area contributed by atoms with Crippen LogP contribution in [0.5, 0.6) is 0 Å². The molecule has 7 nitrogen and oxygen atoms in total. The van der Waals surface area contributed by atoms with Crippen LogP contribution in [0.15, 0.2) is 4.52 Å². The van der Waals surface area contributed by atoms with E-state index in [9.17, 15) is 4.79 Å². The first-order valence-electron chi connectivity index (χ1n) is 8.01. The van der Waals surface area contributed by atoms with E-state index in [0.717, 1.165) is 37.7 Å². The summed E-state index contributed by atoms with van der Waals surface area (Å²) < 4.78 is 15.8. The van der Waals surface area contributed by atoms with Crippen LogP contribution in [-0.4, -0.2) is 62.5 Å². The molecule has 0 radical (unpaired) electrons. The van der Waals surface area contributed by atoms with Crippen LogP contribution in [0.4, 0.5) is 0 Å². The lowest BCUT2D eigenvalue weighted by Gasteiger charge is -2.27. The largest absolute Gasteiger partial charge is 0.380 e. The van der Waals surface area contributed by atoms with Gasteiger partial charge >= 0.3 is 0 Å². The standard InChI is InChI=1S/C16H25N3O4/c1-11-14(12(2)23-18-11)5-19-4-13-6-22-10-16(13,9-19)8-17-15(20)7-21-3/h13H,4-10H2,1-3H3,(H,17,20)/t13-,16+/m0/s1. The second-order valence-corrected chi connectivity index (χ2v) is 6.76. The number of carbonyl (C=O) groups is 1. The van der Waals surface area contributed by atoms with Crippen LogP contribution in [0.2, 0.25) is 0 Å². The van der Waals surface area contributed by atoms with Crippen molar-refractivity contribution in [1.29, 1.82) is 0 Å². The summed E-state index contributed by atoms with van der Waals surface area (Å²) in [5.41, 5.74) is 2.13. The van der Waals surface area contributed by atoms with Crippen molar-refractivity contribution >= 4 is 5.91 Å². The van der Waals surface area contributed by atoms with Gasteiger partial charge in [0.15, 0.2) is 0 Å². The Morgan fingerprint density at radius 3 is 3.04 bits per heavy atom. The summed E-state index contributed by atoms with van der Waals surface area (Å²) in [6.07, 6.45) is 0. The van der Waals surface area contributed by atoms with E-state index in [1.165, 1.54) is 12.7 Å². The highest BCUT2D eigenvalue weighted by atomic mass is 16.5. The van der Waals surface area contributed by atoms with Gasteiger partial charge in [-0.15, -0.1) is 0 Å². The molecule has 23 heavy (non-hydrogen) atoms. The van der Waals surface area contributed by atoms with Gasteiger partial charge in [0.2, 0.25) is 5.91 Å². The van der Waals surface area contributed by atoms with Gasteiger partial charge in [0.1, 0.15) is 12.4 Å². The molecule has 128 valence electrons. The van der Waals surface area contributed by atoms with E-state index in [4.69, 9.17) is 14.0 Å². The Balaban J connectivity index is 1.64. The summed E-state index contributed by atoms with van der Waals surface area (Å²) in [5.74, 6) is 1.26. The van der Waals surface area contributed by atoms with Crippen LogP contribution in [0, 0.1) is 25.2 Å². The van der Waals surface area contributed by atoms with Crippen molar-refractivity contribution in [2.45, 2.75) is 20.4 Å². The molecule has 0 aromatic carbocycles. The Morgan fingerprint density at radius 1 is 1.52 bits per heavy atom. The summed E-state index contributed by atoms with van der Waals surface area (Å²) in [6, 6.07) is 0. The first-order valence-corrected chi connectivity index (χ1v) is 8.01. The molecule has 3 rings (SSSR count). The smallest absolute Gasteiger partial charge is 0.246 e. The van der Waals surface area contributed by atoms with Gasteiger partial charge in [0, 0.05) is 50.2 Å². The van der Waals surface area contributed by atoms with Crippen molar-refractivity contribution in [2.75, 3.05) is 46.6 Å². The number of aromatic nitrogens is 1. The van der Waals surface area contributed by atoms with Crippen LogP contribution < -0.4 is 5.32 Å². The van der Waals surface area contributed by atoms with Gasteiger partial charge in [0.05, 0.1) is 18.9 Å². The minimum absolute atomic E-state index is 0.00236. The van der Waals surface area contributed by atoms with Gasteiger partial charge in [-0.1, -0.05) is 5.16 Å². The Morgan fingerprint density at radius 2 is 2.35 bits per heavy atom. The van der Waals surface area contributed by atoms with Gasteiger partial charge in [0.25, 0.3) is 0 Å². The maximum Gasteiger partial charge on any atom is 0.246 e. The number of carbonyl (C=O) groups excluding carboxylic acids is 1. The normalized spacial score (nSPS) is 27.3. The third kappa shape index (κ3) is 3.27. The molecule has 0 saturated carbocycles. The van der Waals surface area contributed by atoms with E-state index in [1.54, 1.807) is 0 Å². The predicted molar refractivity (Wildman–Crippen MR) is 82.9 cm³/mol. The van der Waals surface area contributed by atoms with Crippen LogP contribution in [-0.2, 0) is 20.8 Å². The second-order valence-electron chi connectivity index (χ2n) is 6.76. The van der Waals surface area contributed by atoms with E-state index >= 15 is 0 Å². The fourth-order valence-electron chi connectivity index (χ4n) is 3.72. The van der Waals surface area contributed by atoms with E-state index in [1.807, 2.05) is 13.8 Å². The zero-order chi connectivity index (χ0) is 16.4. The van der Waals surface area contributed by atoms with Crippen molar-refractivity contribution in [3.05, 3.63) is 17.0 Å². The number of hydrogen-bond acceptors (Lipinski definition) is 6. The van der Waals surface area contributed by atoms with E-state index in [0.29, 0.717) is 19.1 Å². The van der Waals surface area contributed by atoms with Crippen molar-refractivity contribution in [1.82, 2.24) is 15.4 Å². The highest BCUT2D eigenvalue weighted by Gasteiger charge is 2.50. The molecular formula is C16H25N3O4. The van der Waals surface area contributed by atoms with Crippen LogP contribution >= 0.6 is 0 Å². The quantitative estimate of drug-likeness (QED) is 0.822. The lowest BCUT2D eigenvalue weighted by atomic mass is 9.81. The van der Waals surface area contributed by atoms with Crippen LogP contribution in [0.3, 0.4) is 0 Å². The lowest BCUT2D eigenvalue weighted by Crippen LogP contribution is -2.44. The van der Waals surface area contributed by atoms with Crippen molar-refractivity contribution in [2.24, 2.45) is 11.3 Å². The lowest BCUT2D eigenvalue weighted by molar-refractivity contribution is -0.125. The number of nitrogens with zero attached hydrogens (tertiary/aromatic N) is 2. The molecule has 1 aromatic heterocycles. The Bertz CT molecular complexity index is 554. The van der Waals surface area contributed by atoms with Gasteiger partial charge in [-0.2, -0.15) is 0 Å². The molecule has 2 fully saturated rings. The zero-order valence-electron chi connectivity index (χ0n) is 14.1. The van der Waals surface area contributed by atoms with Crippen LogP contribution in [0.25, 0.3) is 0 Å². The van der Waals surface area contributed by atoms with Crippen molar-refractivity contribution in [3.63, 3.8) is 0 Å². The zero-order valence-corrected chi connectivity index (χ0v) is 14.1. The SMILES string of the molecule is COCC(=O)NC[C@@]12COC[C@@H]1CN(Cc1c(C)noc1C)C2. The van der Waals surface area contributed by atoms with E-state index in [2.05, 4.69) is 15.4 Å². The topological polar surface area (TPSA) is 76.8 Å². The third-order valence-electron chi connectivity index (χ3n) is 5.07. The Hall–Kier alpha value is -1.44. The maximum atomic E-state index is 11.7. The second kappa shape index (κ2) is 6.59. The summed E-state index contributed by atoms with van der Waals surface area (Å²) in [6.45, 7) is 8.86. The van der Waals surface area contributed by atoms with E-state index in [-0.39, 0.29) is 17.9 Å². The number of methoxy groups -OCH3 is 1. The molecule has 7 heteroatoms. The summed E-state index contributed by atoms with van der Waals surface area (Å²) in [4.78, 5) is 14.1. The number of likely N-dealkylation sites (tertiary alicyclic amines) is 1. The van der Waals surface area contributed by atoms with Gasteiger partial charge in [-0.3, -0.25) is 9.69 Å². The number of fused-ring (bicyclic) bond motifs is 1. The molecular weight excluding hydrogens is 298 g/mol. The van der Waals surface area contributed by atoms with Crippen molar-refractivity contribution < 1.29 is 18.8 Å². The summed E-state index contributed by atoms with van der Waals surface area (Å²) in [5, 5.41) is 7.02. The van der Waals surface area contributed by atoms with Gasteiger partial charge in [-0.25, -0.2) is 0 Å². The maximum absolute atomic E-state index is 11.7.